The van der Waals surface area contributed by atoms with E-state index in [0.29, 0.717) is 5.69 Å². The second kappa shape index (κ2) is 27.0. The Kier molecular flexibility index (Phi) is 21.7. The van der Waals surface area contributed by atoms with E-state index in [1.165, 1.54) is 58.7 Å². The summed E-state index contributed by atoms with van der Waals surface area (Å²) in [6.07, 6.45) is 12.9. The van der Waals surface area contributed by atoms with Crippen molar-refractivity contribution in [1.82, 2.24) is 30.1 Å². The number of isothiocyanates is 1. The molecule has 0 aliphatic carbocycles. The van der Waals surface area contributed by atoms with Gasteiger partial charge in [-0.2, -0.15) is 18.3 Å². The van der Waals surface area contributed by atoms with Crippen molar-refractivity contribution in [2.45, 2.75) is 111 Å². The van der Waals surface area contributed by atoms with Crippen molar-refractivity contribution in [2.24, 2.45) is 0 Å². The van der Waals surface area contributed by atoms with Crippen LogP contribution in [0, 0.1) is 0 Å². The van der Waals surface area contributed by atoms with Crippen molar-refractivity contribution in [2.75, 3.05) is 4.90 Å². The first kappa shape index (κ1) is 52.9. The van der Waals surface area contributed by atoms with E-state index in [0.717, 1.165) is 90.8 Å². The maximum absolute atomic E-state index is 13.1. The zero-order valence-electron chi connectivity index (χ0n) is 38.3. The van der Waals surface area contributed by atoms with Crippen LogP contribution in [0.4, 0.5) is 30.2 Å². The number of aromatic nitrogens is 6. The number of aryl methyl sites for hydroxylation is 5. The van der Waals surface area contributed by atoms with Crippen LogP contribution in [0.15, 0.2) is 122 Å². The number of halogens is 3. The number of hydrogen-bond donors (Lipinski definition) is 0. The number of hydrogen-bond acceptors (Lipinski definition) is 7. The van der Waals surface area contributed by atoms with Crippen LogP contribution in [-0.2, 0) is 57.8 Å². The number of nitrogens with zero attached hydrogens (tertiary/aromatic N) is 8. The SMILES string of the molecule is CCCCCc1ccc(N(c2ccc(CCCCC)cc2)c2ccnc(-c3cc(C(F)(F)F)n[n-]3)c2)cc1.CCc1ccnc(-c2cc(CC)cc(-c3cc(CC)ccn3)n2)c1.[N-]=C=S.[Ru+2]. The van der Waals surface area contributed by atoms with Gasteiger partial charge in [0.2, 0.25) is 0 Å². The molecular formula is C53H57F3N8RuS. The Balaban J connectivity index is 0.000000292. The Morgan fingerprint density at radius 1 is 0.545 bits per heavy atom. The molecule has 0 aliphatic heterocycles. The number of thiocarbonyl (C=S) groups is 1. The van der Waals surface area contributed by atoms with Gasteiger partial charge in [0.05, 0.1) is 28.5 Å². The Hall–Kier alpha value is -5.74. The zero-order chi connectivity index (χ0) is 46.6. The van der Waals surface area contributed by atoms with Crippen LogP contribution in [0.5, 0.6) is 0 Å². The molecule has 0 saturated heterocycles. The monoisotopic (exact) mass is 996 g/mol. The largest absolute Gasteiger partial charge is 2.00 e. The maximum atomic E-state index is 13.1. The van der Waals surface area contributed by atoms with Crippen LogP contribution in [0.2, 0.25) is 0 Å². The van der Waals surface area contributed by atoms with Crippen molar-refractivity contribution in [3.8, 4) is 34.2 Å². The summed E-state index contributed by atoms with van der Waals surface area (Å²) in [5.74, 6) is 0. The fraction of sp³-hybridized carbons (Fsp3) is 0.321. The van der Waals surface area contributed by atoms with Crippen LogP contribution in [-0.4, -0.2) is 30.2 Å². The van der Waals surface area contributed by atoms with Crippen LogP contribution in [0.25, 0.3) is 39.6 Å². The average Bonchev–Trinajstić information content (AvgIpc) is 3.85. The van der Waals surface area contributed by atoms with Gasteiger partial charge in [0, 0.05) is 35.7 Å². The molecule has 7 aromatic rings. The molecule has 13 heteroatoms. The first-order valence-electron chi connectivity index (χ1n) is 22.5. The minimum absolute atomic E-state index is 0. The predicted molar refractivity (Wildman–Crippen MR) is 262 cm³/mol. The normalized spacial score (nSPS) is 10.7. The summed E-state index contributed by atoms with van der Waals surface area (Å²) in [5, 5.41) is 15.5. The van der Waals surface area contributed by atoms with Crippen molar-refractivity contribution >= 4 is 34.4 Å². The van der Waals surface area contributed by atoms with E-state index in [-0.39, 0.29) is 25.2 Å². The van der Waals surface area contributed by atoms with Gasteiger partial charge in [-0.1, -0.05) is 102 Å². The molecule has 7 rings (SSSR count). The molecule has 66 heavy (non-hydrogen) atoms. The van der Waals surface area contributed by atoms with E-state index in [2.05, 4.69) is 162 Å². The van der Waals surface area contributed by atoms with E-state index in [1.807, 2.05) is 18.5 Å². The minimum Gasteiger partial charge on any atom is -0.753 e. The molecule has 0 fully saturated rings. The second-order valence-corrected chi connectivity index (χ2v) is 15.8. The number of alkyl halides is 3. The molecule has 0 atom stereocenters. The Bertz CT molecular complexity index is 2450. The third-order valence-corrected chi connectivity index (χ3v) is 10.9. The topological polar surface area (TPSA) is 104 Å². The molecule has 0 radical (unpaired) electrons. The van der Waals surface area contributed by atoms with Gasteiger partial charge in [0.25, 0.3) is 0 Å². The van der Waals surface area contributed by atoms with E-state index < -0.39 is 11.9 Å². The Labute approximate surface area is 406 Å². The zero-order valence-corrected chi connectivity index (χ0v) is 40.9. The minimum atomic E-state index is -4.55. The van der Waals surface area contributed by atoms with Gasteiger partial charge in [0.15, 0.2) is 0 Å². The van der Waals surface area contributed by atoms with Crippen molar-refractivity contribution in [3.63, 3.8) is 0 Å². The third-order valence-electron chi connectivity index (χ3n) is 10.9. The molecule has 0 unspecified atom stereocenters. The van der Waals surface area contributed by atoms with Gasteiger partial charge in [-0.15, -0.1) is 0 Å². The van der Waals surface area contributed by atoms with Gasteiger partial charge in [-0.25, -0.2) is 4.98 Å². The molecule has 0 saturated carbocycles. The first-order valence-corrected chi connectivity index (χ1v) is 22.9. The first-order chi connectivity index (χ1) is 31.5. The summed E-state index contributed by atoms with van der Waals surface area (Å²) < 4.78 is 39.3. The quantitative estimate of drug-likeness (QED) is 0.0385. The van der Waals surface area contributed by atoms with Crippen LogP contribution in [0.1, 0.15) is 107 Å². The summed E-state index contributed by atoms with van der Waals surface area (Å²) in [4.78, 5) is 20.3. The van der Waals surface area contributed by atoms with Crippen LogP contribution >= 0.6 is 12.2 Å². The number of unbranched alkanes of at least 4 members (excludes halogenated alkanes) is 4. The Morgan fingerprint density at radius 2 is 0.985 bits per heavy atom. The summed E-state index contributed by atoms with van der Waals surface area (Å²) in [6.45, 7) is 10.9. The van der Waals surface area contributed by atoms with Gasteiger partial charge in [-0.3, -0.25) is 15.0 Å². The van der Waals surface area contributed by atoms with Gasteiger partial charge < -0.3 is 20.5 Å². The predicted octanol–water partition coefficient (Wildman–Crippen LogP) is 14.6. The maximum Gasteiger partial charge on any atom is 2.00 e. The molecule has 0 aliphatic rings. The smallest absolute Gasteiger partial charge is 0.753 e. The fourth-order valence-electron chi connectivity index (χ4n) is 7.21. The molecule has 0 N–H and O–H groups in total. The molecule has 0 amide bonds. The number of anilines is 3. The molecule has 8 nitrogen and oxygen atoms in total. The summed E-state index contributed by atoms with van der Waals surface area (Å²) in [6, 6.07) is 34.2. The number of rotatable bonds is 17. The van der Waals surface area contributed by atoms with E-state index in [1.54, 1.807) is 12.3 Å². The molecule has 5 aromatic heterocycles. The number of pyridine rings is 4. The van der Waals surface area contributed by atoms with E-state index in [9.17, 15) is 13.2 Å². The molecule has 0 bridgehead atoms. The van der Waals surface area contributed by atoms with Crippen molar-refractivity contribution < 1.29 is 32.6 Å². The van der Waals surface area contributed by atoms with Gasteiger partial charge in [0.1, 0.15) is 5.69 Å². The molecule has 2 aromatic carbocycles. The van der Waals surface area contributed by atoms with E-state index >= 15 is 0 Å². The van der Waals surface area contributed by atoms with Crippen LogP contribution < -0.4 is 10.00 Å². The Morgan fingerprint density at radius 3 is 1.41 bits per heavy atom. The van der Waals surface area contributed by atoms with Crippen molar-refractivity contribution in [1.29, 1.82) is 0 Å². The second-order valence-electron chi connectivity index (χ2n) is 15.6. The molecule has 0 spiro atoms. The summed E-state index contributed by atoms with van der Waals surface area (Å²) in [5.41, 5.74) is 12.2. The summed E-state index contributed by atoms with van der Waals surface area (Å²) in [7, 11) is 0. The number of benzene rings is 2. The van der Waals surface area contributed by atoms with E-state index in [4.69, 9.17) is 10.4 Å². The van der Waals surface area contributed by atoms with Crippen LogP contribution in [0.3, 0.4) is 0 Å². The average molecular weight is 996 g/mol. The molecular weight excluding hydrogens is 939 g/mol. The van der Waals surface area contributed by atoms with Gasteiger partial charge in [-0.05, 0) is 152 Å². The fourth-order valence-corrected chi connectivity index (χ4v) is 7.21. The molecule has 344 valence electrons. The molecule has 5 heterocycles. The standard InChI is InChI=1S/C31H34F3N4.C21H23N3.CNS.Ru/c1-3-5-7-9-23-11-15-25(16-12-23)38(26-17-13-24(14-18-26)10-8-6-4-2)27-19-20-35-28(21-27)29-22-30(37-36-29)31(32,33)34;1-4-15-7-9-22-18(11-15)20-13-17(6-3)14-21(24-20)19-12-16(5-2)8-10-23-19;2-1-3;/h11-22H,3-10H2,1-2H3;7-14H,4-6H2,1-3H3;;/q-1;;-1;+2. The van der Waals surface area contributed by atoms with Crippen molar-refractivity contribution in [3.05, 3.63) is 161 Å². The third kappa shape index (κ3) is 15.4. The van der Waals surface area contributed by atoms with Gasteiger partial charge >= 0.3 is 25.7 Å². The summed E-state index contributed by atoms with van der Waals surface area (Å²) >= 11 is 3.70.